The summed E-state index contributed by atoms with van der Waals surface area (Å²) in [7, 11) is 5.05. The molecule has 7 heteroatoms. The topological polar surface area (TPSA) is 51.7 Å². The Labute approximate surface area is 134 Å². The van der Waals surface area contributed by atoms with Crippen molar-refractivity contribution in [3.05, 3.63) is 10.0 Å². The fourth-order valence-electron chi connectivity index (χ4n) is 2.87. The zero-order valence-electron chi connectivity index (χ0n) is 13.2. The van der Waals surface area contributed by atoms with Crippen molar-refractivity contribution >= 4 is 34.0 Å². The maximum atomic E-state index is 11.6. The number of hydrogen-bond donors (Lipinski definition) is 0. The van der Waals surface area contributed by atoms with Gasteiger partial charge in [-0.1, -0.05) is 36.8 Å². The van der Waals surface area contributed by atoms with Crippen LogP contribution in [0.1, 0.15) is 36.9 Å². The second kappa shape index (κ2) is 5.41. The minimum absolute atomic E-state index is 0.0277. The van der Waals surface area contributed by atoms with Crippen LogP contribution in [-0.2, 0) is 9.47 Å². The van der Waals surface area contributed by atoms with Crippen molar-refractivity contribution in [1.29, 1.82) is 0 Å². The SMILES string of the molecule is COC(=O)c1sc(N(C)C2CC(C)(OC)C2(C)C)nc1Cl. The average Bonchev–Trinajstić information content (AvgIpc) is 2.84. The highest BCUT2D eigenvalue weighted by Gasteiger charge is 2.59. The van der Waals surface area contributed by atoms with Crippen LogP contribution >= 0.6 is 22.9 Å². The lowest BCUT2D eigenvalue weighted by molar-refractivity contribution is -0.172. The van der Waals surface area contributed by atoms with Gasteiger partial charge >= 0.3 is 5.97 Å². The second-order valence-corrected chi connectivity index (χ2v) is 7.43. The van der Waals surface area contributed by atoms with Crippen LogP contribution in [0.4, 0.5) is 5.13 Å². The molecule has 1 fully saturated rings. The summed E-state index contributed by atoms with van der Waals surface area (Å²) >= 11 is 7.28. The van der Waals surface area contributed by atoms with Gasteiger partial charge in [-0.05, 0) is 13.3 Å². The van der Waals surface area contributed by atoms with E-state index in [1.807, 2.05) is 7.05 Å². The van der Waals surface area contributed by atoms with Gasteiger partial charge in [0.2, 0.25) is 0 Å². The summed E-state index contributed by atoms with van der Waals surface area (Å²) in [4.78, 5) is 18.3. The summed E-state index contributed by atoms with van der Waals surface area (Å²) in [6.45, 7) is 6.47. The summed E-state index contributed by atoms with van der Waals surface area (Å²) in [6, 6.07) is 0.273. The summed E-state index contributed by atoms with van der Waals surface area (Å²) in [5.41, 5.74) is -0.182. The fraction of sp³-hybridized carbons (Fsp3) is 0.714. The van der Waals surface area contributed by atoms with Crippen molar-refractivity contribution in [2.45, 2.75) is 38.8 Å². The Kier molecular flexibility index (Phi) is 4.26. The van der Waals surface area contributed by atoms with E-state index < -0.39 is 5.97 Å². The summed E-state index contributed by atoms with van der Waals surface area (Å²) < 4.78 is 10.4. The van der Waals surface area contributed by atoms with Crippen LogP contribution < -0.4 is 4.90 Å². The van der Waals surface area contributed by atoms with Gasteiger partial charge in [0.15, 0.2) is 15.2 Å². The smallest absolute Gasteiger partial charge is 0.351 e. The molecule has 2 atom stereocenters. The van der Waals surface area contributed by atoms with E-state index in [0.717, 1.165) is 11.6 Å². The van der Waals surface area contributed by atoms with E-state index in [-0.39, 0.29) is 22.2 Å². The fourth-order valence-corrected chi connectivity index (χ4v) is 4.08. The maximum absolute atomic E-state index is 11.6. The van der Waals surface area contributed by atoms with Crippen molar-refractivity contribution in [3.8, 4) is 0 Å². The van der Waals surface area contributed by atoms with Gasteiger partial charge in [0.1, 0.15) is 0 Å². The predicted octanol–water partition coefficient (Wildman–Crippen LogP) is 3.22. The first kappa shape index (κ1) is 16.5. The second-order valence-electron chi connectivity index (χ2n) is 6.10. The molecule has 5 nitrogen and oxygen atoms in total. The number of methoxy groups -OCH3 is 2. The number of ether oxygens (including phenoxy) is 2. The maximum Gasteiger partial charge on any atom is 0.351 e. The van der Waals surface area contributed by atoms with E-state index in [1.54, 1.807) is 7.11 Å². The lowest BCUT2D eigenvalue weighted by Gasteiger charge is -2.61. The van der Waals surface area contributed by atoms with Crippen LogP contribution in [0.2, 0.25) is 5.15 Å². The number of aromatic nitrogens is 1. The van der Waals surface area contributed by atoms with Gasteiger partial charge in [-0.25, -0.2) is 9.78 Å². The number of anilines is 1. The highest BCUT2D eigenvalue weighted by molar-refractivity contribution is 7.18. The van der Waals surface area contributed by atoms with Crippen molar-refractivity contribution in [1.82, 2.24) is 4.98 Å². The summed E-state index contributed by atoms with van der Waals surface area (Å²) in [5.74, 6) is -0.452. The molecule has 1 aromatic heterocycles. The van der Waals surface area contributed by atoms with E-state index in [2.05, 4.69) is 30.7 Å². The Hall–Kier alpha value is -0.850. The minimum Gasteiger partial charge on any atom is -0.465 e. The molecule has 0 aliphatic heterocycles. The van der Waals surface area contributed by atoms with Gasteiger partial charge in [0.25, 0.3) is 0 Å². The number of nitrogens with zero attached hydrogens (tertiary/aromatic N) is 2. The Balaban J connectivity index is 2.23. The molecule has 2 unspecified atom stereocenters. The third-order valence-corrected chi connectivity index (χ3v) is 6.46. The molecule has 0 saturated heterocycles. The van der Waals surface area contributed by atoms with Crippen LogP contribution in [0, 0.1) is 5.41 Å². The van der Waals surface area contributed by atoms with Gasteiger partial charge in [-0.2, -0.15) is 0 Å². The van der Waals surface area contributed by atoms with Gasteiger partial charge in [-0.3, -0.25) is 0 Å². The molecule has 21 heavy (non-hydrogen) atoms. The largest absolute Gasteiger partial charge is 0.465 e. The van der Waals surface area contributed by atoms with E-state index in [1.165, 1.54) is 18.4 Å². The van der Waals surface area contributed by atoms with E-state index in [9.17, 15) is 4.79 Å². The Morgan fingerprint density at radius 1 is 1.43 bits per heavy atom. The van der Waals surface area contributed by atoms with Crippen LogP contribution in [0.3, 0.4) is 0 Å². The predicted molar refractivity (Wildman–Crippen MR) is 84.5 cm³/mol. The molecule has 0 bridgehead atoms. The molecular formula is C14H21ClN2O3S. The molecule has 0 radical (unpaired) electrons. The molecule has 0 aromatic carbocycles. The first-order valence-electron chi connectivity index (χ1n) is 6.70. The highest BCUT2D eigenvalue weighted by Crippen LogP contribution is 2.54. The van der Waals surface area contributed by atoms with Gasteiger partial charge in [-0.15, -0.1) is 0 Å². The lowest BCUT2D eigenvalue weighted by atomic mass is 9.55. The van der Waals surface area contributed by atoms with Crippen LogP contribution in [0.25, 0.3) is 0 Å². The van der Waals surface area contributed by atoms with Gasteiger partial charge in [0, 0.05) is 25.6 Å². The standard InChI is InChI=1S/C14H21ClN2O3S/c1-13(2)8(7-14(13,3)20-6)17(4)12-16-10(15)9(21-12)11(18)19-5/h8H,7H2,1-6H3. The molecule has 0 amide bonds. The molecular weight excluding hydrogens is 312 g/mol. The molecule has 2 rings (SSSR count). The number of rotatable bonds is 4. The normalized spacial score (nSPS) is 27.1. The molecule has 1 aromatic rings. The first-order valence-corrected chi connectivity index (χ1v) is 7.90. The number of esters is 1. The number of carbonyl (C=O) groups excluding carboxylic acids is 1. The molecule has 0 spiro atoms. The van der Waals surface area contributed by atoms with Gasteiger partial charge in [0.05, 0.1) is 12.7 Å². The van der Waals surface area contributed by atoms with Crippen LogP contribution in [0.5, 0.6) is 0 Å². The van der Waals surface area contributed by atoms with E-state index in [0.29, 0.717) is 4.88 Å². The van der Waals surface area contributed by atoms with Crippen LogP contribution in [0.15, 0.2) is 0 Å². The Bertz CT molecular complexity index is 560. The summed E-state index contributed by atoms with van der Waals surface area (Å²) in [5, 5.41) is 0.914. The molecule has 118 valence electrons. The van der Waals surface area contributed by atoms with E-state index >= 15 is 0 Å². The Morgan fingerprint density at radius 3 is 2.52 bits per heavy atom. The third kappa shape index (κ3) is 2.43. The van der Waals surface area contributed by atoms with Crippen molar-refractivity contribution in [2.24, 2.45) is 5.41 Å². The quantitative estimate of drug-likeness (QED) is 0.792. The highest BCUT2D eigenvalue weighted by atomic mass is 35.5. The Morgan fingerprint density at radius 2 is 2.05 bits per heavy atom. The molecule has 1 heterocycles. The first-order chi connectivity index (χ1) is 9.67. The lowest BCUT2D eigenvalue weighted by Crippen LogP contribution is -2.68. The van der Waals surface area contributed by atoms with E-state index in [4.69, 9.17) is 21.1 Å². The molecule has 1 aliphatic carbocycles. The number of carbonyl (C=O) groups is 1. The van der Waals surface area contributed by atoms with Crippen molar-refractivity contribution in [2.75, 3.05) is 26.2 Å². The molecule has 1 aliphatic rings. The van der Waals surface area contributed by atoms with Crippen molar-refractivity contribution in [3.63, 3.8) is 0 Å². The zero-order valence-corrected chi connectivity index (χ0v) is 14.8. The number of halogens is 1. The zero-order chi connectivity index (χ0) is 16.0. The number of thiazole rings is 1. The van der Waals surface area contributed by atoms with Crippen LogP contribution in [-0.4, -0.2) is 43.9 Å². The molecule has 1 saturated carbocycles. The number of hydrogen-bond acceptors (Lipinski definition) is 6. The monoisotopic (exact) mass is 332 g/mol. The third-order valence-electron chi connectivity index (χ3n) is 4.94. The molecule has 0 N–H and O–H groups in total. The summed E-state index contributed by atoms with van der Waals surface area (Å²) in [6.07, 6.45) is 0.901. The minimum atomic E-state index is -0.452. The van der Waals surface area contributed by atoms with Gasteiger partial charge < -0.3 is 14.4 Å². The average molecular weight is 333 g/mol. The van der Waals surface area contributed by atoms with Crippen molar-refractivity contribution < 1.29 is 14.3 Å².